The highest BCUT2D eigenvalue weighted by atomic mass is 32.2. The number of para-hydroxylation sites is 4. The molecule has 0 aliphatic carbocycles. The Morgan fingerprint density at radius 3 is 1.09 bits per heavy atom. The van der Waals surface area contributed by atoms with Crippen molar-refractivity contribution in [1.29, 1.82) is 0 Å². The molecule has 0 amide bonds. The number of hydrogen-bond donors (Lipinski definition) is 0. The summed E-state index contributed by atoms with van der Waals surface area (Å²) in [6, 6.07) is 90.1. The highest BCUT2D eigenvalue weighted by molar-refractivity contribution is 8.00. The van der Waals surface area contributed by atoms with Crippen molar-refractivity contribution in [3.8, 4) is 33.4 Å². The van der Waals surface area contributed by atoms with Gasteiger partial charge in [0.2, 0.25) is 0 Å². The predicted molar refractivity (Wildman–Crippen MR) is 290 cm³/mol. The lowest BCUT2D eigenvalue weighted by molar-refractivity contribution is 1.17. The molecule has 14 rings (SSSR count). The van der Waals surface area contributed by atoms with E-state index in [0.29, 0.717) is 0 Å². The molecule has 68 heavy (non-hydrogen) atoms. The maximum absolute atomic E-state index is 2.46. The molecule has 0 N–H and O–H groups in total. The van der Waals surface area contributed by atoms with E-state index < -0.39 is 0 Å². The number of rotatable bonds is 5. The van der Waals surface area contributed by atoms with Gasteiger partial charge >= 0.3 is 0 Å². The van der Waals surface area contributed by atoms with Crippen LogP contribution in [0, 0.1) is 0 Å². The minimum atomic E-state index is 1.13. The first kappa shape index (κ1) is 39.2. The Balaban J connectivity index is 1.09. The highest BCUT2D eigenvalue weighted by Crippen LogP contribution is 2.55. The molecular weight excluding hydrogens is 861 g/mol. The largest absolute Gasteiger partial charge is 0.308 e. The van der Waals surface area contributed by atoms with Gasteiger partial charge in [-0.25, -0.2) is 0 Å². The fourth-order valence-electron chi connectivity index (χ4n) is 10.6. The van der Waals surface area contributed by atoms with Crippen molar-refractivity contribution < 1.29 is 0 Å². The van der Waals surface area contributed by atoms with Crippen molar-refractivity contribution in [2.45, 2.75) is 19.6 Å². The predicted octanol–water partition coefficient (Wildman–Crippen LogP) is 19.2. The Hall–Kier alpha value is -8.02. The summed E-state index contributed by atoms with van der Waals surface area (Å²) < 4.78 is 0. The number of hydrogen-bond acceptors (Lipinski definition) is 4. The van der Waals surface area contributed by atoms with Crippen LogP contribution < -0.4 is 9.80 Å². The van der Waals surface area contributed by atoms with Crippen LogP contribution in [0.5, 0.6) is 0 Å². The molecule has 0 aromatic heterocycles. The summed E-state index contributed by atoms with van der Waals surface area (Å²) in [4.78, 5) is 9.91. The highest BCUT2D eigenvalue weighted by Gasteiger charge is 2.28. The molecule has 0 atom stereocenters. The Kier molecular flexibility index (Phi) is 9.11. The lowest BCUT2D eigenvalue weighted by atomic mass is 9.84. The molecule has 0 saturated heterocycles. The Morgan fingerprint density at radius 1 is 0.235 bits per heavy atom. The summed E-state index contributed by atoms with van der Waals surface area (Å²) in [7, 11) is 0. The van der Waals surface area contributed by atoms with Gasteiger partial charge in [0, 0.05) is 31.0 Å². The zero-order valence-electron chi connectivity index (χ0n) is 36.8. The molecule has 0 spiro atoms. The summed E-state index contributed by atoms with van der Waals surface area (Å²) in [5.41, 5.74) is 14.2. The molecule has 318 valence electrons. The van der Waals surface area contributed by atoms with Gasteiger partial charge in [0.15, 0.2) is 0 Å². The average molecular weight is 901 g/mol. The third kappa shape index (κ3) is 6.36. The van der Waals surface area contributed by atoms with E-state index in [4.69, 9.17) is 0 Å². The van der Waals surface area contributed by atoms with Crippen LogP contribution in [0.1, 0.15) is 0 Å². The Labute approximate surface area is 403 Å². The number of nitrogens with zero attached hydrogens (tertiary/aromatic N) is 2. The average Bonchev–Trinajstić information content (AvgIpc) is 3.40. The lowest BCUT2D eigenvalue weighted by Gasteiger charge is -2.34. The van der Waals surface area contributed by atoms with Crippen LogP contribution in [0.15, 0.2) is 262 Å². The molecule has 2 aliphatic rings. The molecule has 0 fully saturated rings. The van der Waals surface area contributed by atoms with Crippen LogP contribution >= 0.6 is 23.5 Å². The SMILES string of the molecule is c1cc(-c2ccc3ccccc3c2)cc(-c2c3ccc(N4c5ccccc5Sc5ccccc54)cc3c(-c3ccc4ccccc4c3)c3ccc(N4c5ccccc5Sc5ccccc54)cc23)c1. The normalized spacial score (nSPS) is 12.8. The van der Waals surface area contributed by atoms with E-state index in [9.17, 15) is 0 Å². The topological polar surface area (TPSA) is 6.48 Å². The second kappa shape index (κ2) is 15.8. The van der Waals surface area contributed by atoms with Crippen molar-refractivity contribution in [1.82, 2.24) is 0 Å². The standard InChI is InChI=1S/C64H40N2S2/c1-3-16-43-36-46(30-28-41(43)14-1)45-18-13-19-47(38-45)63-51-34-32-50(66-57-22-7-11-26-61(57)68-62-27-12-8-23-58(62)66)40-54(51)64(48-31-29-42-15-2-4-17-44(42)37-48)52-35-33-49(39-53(52)63)65-55-20-5-9-24-59(55)67-60-25-10-6-21-56(60)65/h1-40H. The van der Waals surface area contributed by atoms with Crippen molar-refractivity contribution in [2.24, 2.45) is 0 Å². The molecule has 2 heterocycles. The van der Waals surface area contributed by atoms with Crippen LogP contribution in [0.3, 0.4) is 0 Å². The smallest absolute Gasteiger partial charge is 0.0601 e. The second-order valence-electron chi connectivity index (χ2n) is 17.7. The zero-order chi connectivity index (χ0) is 44.7. The van der Waals surface area contributed by atoms with E-state index in [2.05, 4.69) is 252 Å². The Bertz CT molecular complexity index is 3930. The summed E-state index contributed by atoms with van der Waals surface area (Å²) in [6.07, 6.45) is 0. The van der Waals surface area contributed by atoms with Gasteiger partial charge in [-0.3, -0.25) is 0 Å². The molecule has 12 aromatic carbocycles. The number of fused-ring (bicyclic) bond motifs is 8. The maximum Gasteiger partial charge on any atom is 0.0601 e. The zero-order valence-corrected chi connectivity index (χ0v) is 38.4. The molecule has 12 aromatic rings. The first-order chi connectivity index (χ1) is 33.7. The molecule has 0 bridgehead atoms. The van der Waals surface area contributed by atoms with Gasteiger partial charge in [-0.1, -0.05) is 175 Å². The van der Waals surface area contributed by atoms with Crippen LogP contribution in [-0.4, -0.2) is 0 Å². The molecule has 0 saturated carbocycles. The van der Waals surface area contributed by atoms with E-state index in [1.54, 1.807) is 0 Å². The Morgan fingerprint density at radius 2 is 0.603 bits per heavy atom. The molecule has 2 nitrogen and oxygen atoms in total. The van der Waals surface area contributed by atoms with Crippen LogP contribution in [0.25, 0.3) is 76.5 Å². The first-order valence-corrected chi connectivity index (χ1v) is 24.8. The summed E-state index contributed by atoms with van der Waals surface area (Å²) in [5, 5.41) is 9.78. The van der Waals surface area contributed by atoms with Crippen molar-refractivity contribution in [2.75, 3.05) is 9.80 Å². The summed E-state index contributed by atoms with van der Waals surface area (Å²) in [5.74, 6) is 0. The monoisotopic (exact) mass is 900 g/mol. The van der Waals surface area contributed by atoms with Gasteiger partial charge < -0.3 is 9.80 Å². The minimum Gasteiger partial charge on any atom is -0.308 e. The summed E-state index contributed by atoms with van der Waals surface area (Å²) in [6.45, 7) is 0. The van der Waals surface area contributed by atoms with Crippen LogP contribution in [0.4, 0.5) is 34.1 Å². The van der Waals surface area contributed by atoms with Crippen LogP contribution in [0.2, 0.25) is 0 Å². The molecule has 4 heteroatoms. The van der Waals surface area contributed by atoms with E-state index in [0.717, 1.165) is 11.4 Å². The quantitative estimate of drug-likeness (QED) is 0.159. The van der Waals surface area contributed by atoms with E-state index in [1.807, 2.05) is 23.5 Å². The van der Waals surface area contributed by atoms with Gasteiger partial charge in [-0.2, -0.15) is 0 Å². The lowest BCUT2D eigenvalue weighted by Crippen LogP contribution is -2.15. The number of benzene rings is 12. The number of anilines is 6. The van der Waals surface area contributed by atoms with Crippen LogP contribution in [-0.2, 0) is 0 Å². The minimum absolute atomic E-state index is 1.13. The van der Waals surface area contributed by atoms with E-state index >= 15 is 0 Å². The maximum atomic E-state index is 2.46. The first-order valence-electron chi connectivity index (χ1n) is 23.1. The molecule has 2 aliphatic heterocycles. The van der Waals surface area contributed by atoms with Crippen molar-refractivity contribution in [3.63, 3.8) is 0 Å². The molecular formula is C64H40N2S2. The fraction of sp³-hybridized carbons (Fsp3) is 0. The third-order valence-electron chi connectivity index (χ3n) is 13.7. The fourth-order valence-corrected chi connectivity index (χ4v) is 12.8. The van der Waals surface area contributed by atoms with Gasteiger partial charge in [0.25, 0.3) is 0 Å². The van der Waals surface area contributed by atoms with Gasteiger partial charge in [0.1, 0.15) is 0 Å². The van der Waals surface area contributed by atoms with E-state index in [1.165, 1.54) is 119 Å². The van der Waals surface area contributed by atoms with Gasteiger partial charge in [0.05, 0.1) is 22.7 Å². The second-order valence-corrected chi connectivity index (χ2v) is 19.8. The third-order valence-corrected chi connectivity index (χ3v) is 16.0. The molecule has 0 radical (unpaired) electrons. The van der Waals surface area contributed by atoms with Crippen molar-refractivity contribution in [3.05, 3.63) is 243 Å². The van der Waals surface area contributed by atoms with Gasteiger partial charge in [-0.05, 0) is 167 Å². The van der Waals surface area contributed by atoms with E-state index in [-0.39, 0.29) is 0 Å². The van der Waals surface area contributed by atoms with Gasteiger partial charge in [-0.15, -0.1) is 0 Å². The molecule has 0 unspecified atom stereocenters. The summed E-state index contributed by atoms with van der Waals surface area (Å²) >= 11 is 3.69. The van der Waals surface area contributed by atoms with Crippen molar-refractivity contribution >= 4 is 101 Å².